The van der Waals surface area contributed by atoms with E-state index in [1.807, 2.05) is 91.0 Å². The van der Waals surface area contributed by atoms with Crippen LogP contribution in [0.2, 0.25) is 0 Å². The molecule has 0 saturated carbocycles. The largest absolute Gasteiger partial charge is 0.497 e. The van der Waals surface area contributed by atoms with Gasteiger partial charge in [-0.1, -0.05) is 81.9 Å². The van der Waals surface area contributed by atoms with Crippen molar-refractivity contribution in [1.29, 1.82) is 0 Å². The Morgan fingerprint density at radius 2 is 1.81 bits per heavy atom. The van der Waals surface area contributed by atoms with Gasteiger partial charge in [-0.2, -0.15) is 0 Å². The van der Waals surface area contributed by atoms with Gasteiger partial charge in [0.2, 0.25) is 0 Å². The highest BCUT2D eigenvalue weighted by Gasteiger charge is 2.35. The zero-order valence-electron chi connectivity index (χ0n) is 22.7. The first-order valence-electron chi connectivity index (χ1n) is 13.2. The molecular weight excluding hydrogens is 616 g/mol. The maximum atomic E-state index is 14.1. The number of carbonyl (C=O) groups is 1. The van der Waals surface area contributed by atoms with E-state index in [2.05, 4.69) is 15.9 Å². The third-order valence-corrected chi connectivity index (χ3v) is 8.27. The number of fused-ring (bicyclic) bond motifs is 1. The molecule has 0 aliphatic carbocycles. The van der Waals surface area contributed by atoms with Crippen molar-refractivity contribution in [3.05, 3.63) is 138 Å². The number of nitrogens with zero attached hydrogens (tertiary/aromatic N) is 2. The van der Waals surface area contributed by atoms with Crippen LogP contribution in [0.3, 0.4) is 0 Å². The minimum atomic E-state index is -0.790. The number of esters is 1. The van der Waals surface area contributed by atoms with Crippen molar-refractivity contribution < 1.29 is 18.7 Å². The number of carbonyl (C=O) groups excluding carboxylic acids is 1. The minimum Gasteiger partial charge on any atom is -0.497 e. The normalized spacial score (nSPS) is 14.8. The van der Waals surface area contributed by atoms with Gasteiger partial charge in [0.1, 0.15) is 17.3 Å². The average Bonchev–Trinajstić information content (AvgIpc) is 3.61. The van der Waals surface area contributed by atoms with E-state index in [9.17, 15) is 9.59 Å². The summed E-state index contributed by atoms with van der Waals surface area (Å²) in [7, 11) is 1.58. The maximum absolute atomic E-state index is 14.1. The standard InChI is InChI=1S/C33H25BrN2O5S/c1-3-40-32(38)28-29(20-9-5-4-6-10-20)35-33-36(30(28)22-12-8-14-24(18-22)39-2)31(37)27(42-33)19-25-15-16-26(41-25)21-11-7-13-23(34)17-21/h4-19,30H,3H2,1-2H3/b27-19-/t30-/m0/s1. The number of rotatable bonds is 7. The van der Waals surface area contributed by atoms with E-state index in [0.29, 0.717) is 37.9 Å². The second-order valence-electron chi connectivity index (χ2n) is 9.42. The molecule has 0 radical (unpaired) electrons. The zero-order valence-corrected chi connectivity index (χ0v) is 25.1. The second-order valence-corrected chi connectivity index (χ2v) is 11.3. The van der Waals surface area contributed by atoms with Gasteiger partial charge in [-0.15, -0.1) is 0 Å². The van der Waals surface area contributed by atoms with Crippen LogP contribution in [0.1, 0.15) is 29.9 Å². The summed E-state index contributed by atoms with van der Waals surface area (Å²) < 4.78 is 20.0. The summed E-state index contributed by atoms with van der Waals surface area (Å²) in [6.45, 7) is 1.93. The fourth-order valence-electron chi connectivity index (χ4n) is 4.92. The van der Waals surface area contributed by atoms with Gasteiger partial charge in [0.15, 0.2) is 4.80 Å². The number of furan rings is 1. The lowest BCUT2D eigenvalue weighted by Crippen LogP contribution is -2.40. The lowest BCUT2D eigenvalue weighted by molar-refractivity contribution is -0.138. The first kappa shape index (κ1) is 27.7. The number of hydrogen-bond donors (Lipinski definition) is 0. The molecule has 2 aromatic heterocycles. The number of halogens is 1. The summed E-state index contributed by atoms with van der Waals surface area (Å²) >= 11 is 4.74. The van der Waals surface area contributed by atoms with E-state index in [1.165, 1.54) is 11.3 Å². The zero-order chi connectivity index (χ0) is 29.2. The molecule has 0 N–H and O–H groups in total. The summed E-state index contributed by atoms with van der Waals surface area (Å²) in [5.74, 6) is 1.28. The molecule has 0 bridgehead atoms. The van der Waals surface area contributed by atoms with Crippen LogP contribution in [0.25, 0.3) is 23.1 Å². The SMILES string of the molecule is CCOC(=O)C1=C(c2ccccc2)N=c2s/c(=C\c3ccc(-c4cccc(Br)c4)o3)c(=O)n2[C@H]1c1cccc(OC)c1. The Morgan fingerprint density at radius 3 is 2.57 bits per heavy atom. The van der Waals surface area contributed by atoms with Crippen LogP contribution < -0.4 is 19.6 Å². The molecule has 9 heteroatoms. The molecular formula is C33H25BrN2O5S. The highest BCUT2D eigenvalue weighted by molar-refractivity contribution is 9.10. The molecule has 1 aliphatic rings. The predicted molar refractivity (Wildman–Crippen MR) is 166 cm³/mol. The molecule has 1 aliphatic heterocycles. The second kappa shape index (κ2) is 11.8. The molecule has 5 aromatic rings. The van der Waals surface area contributed by atoms with E-state index in [0.717, 1.165) is 15.6 Å². The number of thiazole rings is 1. The maximum Gasteiger partial charge on any atom is 0.338 e. The van der Waals surface area contributed by atoms with Crippen molar-refractivity contribution in [2.45, 2.75) is 13.0 Å². The fourth-order valence-corrected chi connectivity index (χ4v) is 6.30. The van der Waals surface area contributed by atoms with Gasteiger partial charge >= 0.3 is 5.97 Å². The number of methoxy groups -OCH3 is 1. The van der Waals surface area contributed by atoms with Gasteiger partial charge in [-0.25, -0.2) is 9.79 Å². The topological polar surface area (TPSA) is 83.0 Å². The molecule has 0 saturated heterocycles. The van der Waals surface area contributed by atoms with Crippen molar-refractivity contribution in [2.75, 3.05) is 13.7 Å². The Kier molecular flexibility index (Phi) is 7.78. The highest BCUT2D eigenvalue weighted by atomic mass is 79.9. The summed E-state index contributed by atoms with van der Waals surface area (Å²) in [5.41, 5.74) is 2.81. The van der Waals surface area contributed by atoms with Crippen molar-refractivity contribution in [3.8, 4) is 17.1 Å². The molecule has 0 fully saturated rings. The van der Waals surface area contributed by atoms with E-state index in [-0.39, 0.29) is 17.7 Å². The lowest BCUT2D eigenvalue weighted by Gasteiger charge is -2.26. The van der Waals surface area contributed by atoms with Gasteiger partial charge < -0.3 is 13.9 Å². The van der Waals surface area contributed by atoms with Crippen molar-refractivity contribution in [1.82, 2.24) is 4.57 Å². The smallest absolute Gasteiger partial charge is 0.338 e. The molecule has 1 atom stereocenters. The van der Waals surface area contributed by atoms with Crippen LogP contribution in [-0.2, 0) is 9.53 Å². The fraction of sp³-hybridized carbons (Fsp3) is 0.121. The third kappa shape index (κ3) is 5.29. The summed E-state index contributed by atoms with van der Waals surface area (Å²) in [5, 5.41) is 0. The van der Waals surface area contributed by atoms with Gasteiger partial charge in [0.25, 0.3) is 5.56 Å². The molecule has 6 rings (SSSR count). The summed E-state index contributed by atoms with van der Waals surface area (Å²) in [4.78, 5) is 33.0. The average molecular weight is 642 g/mol. The van der Waals surface area contributed by atoms with Crippen LogP contribution in [0.5, 0.6) is 5.75 Å². The van der Waals surface area contributed by atoms with Crippen LogP contribution in [-0.4, -0.2) is 24.3 Å². The number of hydrogen-bond acceptors (Lipinski definition) is 7. The molecule has 42 heavy (non-hydrogen) atoms. The molecule has 0 unspecified atom stereocenters. The molecule has 0 spiro atoms. The molecule has 7 nitrogen and oxygen atoms in total. The Bertz CT molecular complexity index is 2010. The molecule has 0 amide bonds. The van der Waals surface area contributed by atoms with E-state index in [1.54, 1.807) is 24.7 Å². The third-order valence-electron chi connectivity index (χ3n) is 6.79. The minimum absolute atomic E-state index is 0.179. The molecule has 3 heterocycles. The Hall–Kier alpha value is -4.47. The summed E-state index contributed by atoms with van der Waals surface area (Å²) in [6.07, 6.45) is 1.71. The molecule has 3 aromatic carbocycles. The first-order valence-corrected chi connectivity index (χ1v) is 14.9. The number of ether oxygens (including phenoxy) is 2. The highest BCUT2D eigenvalue weighted by Crippen LogP contribution is 2.36. The van der Waals surface area contributed by atoms with E-state index in [4.69, 9.17) is 18.9 Å². The van der Waals surface area contributed by atoms with E-state index >= 15 is 0 Å². The monoisotopic (exact) mass is 640 g/mol. The number of aromatic nitrogens is 1. The van der Waals surface area contributed by atoms with Crippen molar-refractivity contribution in [2.24, 2.45) is 4.99 Å². The van der Waals surface area contributed by atoms with Gasteiger partial charge in [0.05, 0.1) is 35.6 Å². The van der Waals surface area contributed by atoms with Crippen LogP contribution in [0.4, 0.5) is 0 Å². The van der Waals surface area contributed by atoms with Crippen LogP contribution in [0.15, 0.2) is 115 Å². The van der Waals surface area contributed by atoms with E-state index < -0.39 is 12.0 Å². The van der Waals surface area contributed by atoms with Crippen LogP contribution >= 0.6 is 27.3 Å². The Morgan fingerprint density at radius 1 is 1.02 bits per heavy atom. The Balaban J connectivity index is 1.57. The lowest BCUT2D eigenvalue weighted by atomic mass is 9.93. The number of benzene rings is 3. The summed E-state index contributed by atoms with van der Waals surface area (Å²) in [6, 6.07) is 27.5. The van der Waals surface area contributed by atoms with Gasteiger partial charge in [-0.3, -0.25) is 9.36 Å². The molecule has 210 valence electrons. The van der Waals surface area contributed by atoms with Crippen molar-refractivity contribution in [3.63, 3.8) is 0 Å². The van der Waals surface area contributed by atoms with Crippen molar-refractivity contribution >= 4 is 45.0 Å². The van der Waals surface area contributed by atoms with Crippen LogP contribution in [0, 0.1) is 0 Å². The van der Waals surface area contributed by atoms with Gasteiger partial charge in [0, 0.05) is 21.7 Å². The predicted octanol–water partition coefficient (Wildman–Crippen LogP) is 5.97. The van der Waals surface area contributed by atoms with Gasteiger partial charge in [-0.05, 0) is 48.9 Å². The quantitative estimate of drug-likeness (QED) is 0.205. The first-order chi connectivity index (χ1) is 20.5. The Labute approximate surface area is 253 Å².